The van der Waals surface area contributed by atoms with E-state index in [0.29, 0.717) is 12.5 Å². The Morgan fingerprint density at radius 1 is 1.28 bits per heavy atom. The molecular weight excluding hydrogens is 236 g/mol. The average molecular weight is 253 g/mol. The Balaban J connectivity index is 1.95. The highest BCUT2D eigenvalue weighted by molar-refractivity contribution is 5.96. The Kier molecular flexibility index (Phi) is 4.42. The second-order valence-corrected chi connectivity index (χ2v) is 4.71. The topological polar surface area (TPSA) is 29.1 Å². The Bertz CT molecular complexity index is 408. The zero-order chi connectivity index (χ0) is 13.0. The van der Waals surface area contributed by atoms with Gasteiger partial charge in [-0.1, -0.05) is 12.5 Å². The maximum absolute atomic E-state index is 13.4. The number of nitrogens with one attached hydrogen (secondary N) is 1. The number of benzene rings is 1. The Hall–Kier alpha value is -1.29. The summed E-state index contributed by atoms with van der Waals surface area (Å²) in [5.41, 5.74) is -0.395. The molecule has 2 rings (SSSR count). The maximum atomic E-state index is 13.4. The number of ketones is 1. The fourth-order valence-corrected chi connectivity index (χ4v) is 2.36. The van der Waals surface area contributed by atoms with Crippen LogP contribution in [0.25, 0.3) is 0 Å². The van der Waals surface area contributed by atoms with Crippen molar-refractivity contribution in [2.45, 2.75) is 38.1 Å². The largest absolute Gasteiger partial charge is 0.314 e. The van der Waals surface area contributed by atoms with Crippen molar-refractivity contribution in [1.29, 1.82) is 0 Å². The van der Waals surface area contributed by atoms with Gasteiger partial charge in [0.15, 0.2) is 5.78 Å². The zero-order valence-electron chi connectivity index (χ0n) is 10.2. The number of piperidine rings is 1. The van der Waals surface area contributed by atoms with Crippen LogP contribution in [0.4, 0.5) is 8.78 Å². The number of carbonyl (C=O) groups excluding carboxylic acids is 1. The predicted octanol–water partition coefficient (Wildman–Crippen LogP) is 3.07. The van der Waals surface area contributed by atoms with E-state index >= 15 is 0 Å². The van der Waals surface area contributed by atoms with Gasteiger partial charge >= 0.3 is 0 Å². The number of hydrogen-bond acceptors (Lipinski definition) is 2. The van der Waals surface area contributed by atoms with E-state index in [2.05, 4.69) is 5.32 Å². The van der Waals surface area contributed by atoms with Gasteiger partial charge in [-0.25, -0.2) is 8.78 Å². The van der Waals surface area contributed by atoms with Crippen molar-refractivity contribution in [1.82, 2.24) is 5.32 Å². The molecular formula is C14H17F2NO. The predicted molar refractivity (Wildman–Crippen MR) is 65.6 cm³/mol. The molecule has 98 valence electrons. The highest BCUT2D eigenvalue weighted by atomic mass is 19.1. The number of halogens is 2. The van der Waals surface area contributed by atoms with Crippen LogP contribution in [0.2, 0.25) is 0 Å². The van der Waals surface area contributed by atoms with Crippen LogP contribution in [0.15, 0.2) is 18.2 Å². The molecule has 1 aliphatic rings. The molecule has 0 radical (unpaired) electrons. The lowest BCUT2D eigenvalue weighted by Gasteiger charge is -2.23. The first-order valence-electron chi connectivity index (χ1n) is 6.39. The van der Waals surface area contributed by atoms with E-state index in [1.807, 2.05) is 0 Å². The molecule has 0 aliphatic carbocycles. The SMILES string of the molecule is O=C(CCC1CCCCN1)c1c(F)cccc1F. The van der Waals surface area contributed by atoms with Crippen LogP contribution in [0, 0.1) is 11.6 Å². The van der Waals surface area contributed by atoms with Gasteiger partial charge in [0.05, 0.1) is 5.56 Å². The van der Waals surface area contributed by atoms with Crippen molar-refractivity contribution in [2.24, 2.45) is 0 Å². The molecule has 1 N–H and O–H groups in total. The van der Waals surface area contributed by atoms with Gasteiger partial charge < -0.3 is 5.32 Å². The fourth-order valence-electron chi connectivity index (χ4n) is 2.36. The number of rotatable bonds is 4. The molecule has 0 amide bonds. The summed E-state index contributed by atoms with van der Waals surface area (Å²) in [5, 5.41) is 3.32. The molecule has 1 unspecified atom stereocenters. The normalized spacial score (nSPS) is 19.8. The highest BCUT2D eigenvalue weighted by Crippen LogP contribution is 2.18. The molecule has 1 fully saturated rings. The molecule has 18 heavy (non-hydrogen) atoms. The van der Waals surface area contributed by atoms with Crippen LogP contribution < -0.4 is 5.32 Å². The Morgan fingerprint density at radius 2 is 2.00 bits per heavy atom. The molecule has 1 aromatic carbocycles. The first-order valence-corrected chi connectivity index (χ1v) is 6.39. The van der Waals surface area contributed by atoms with Crippen molar-refractivity contribution in [3.05, 3.63) is 35.4 Å². The first kappa shape index (κ1) is 13.1. The van der Waals surface area contributed by atoms with Crippen molar-refractivity contribution in [3.8, 4) is 0 Å². The summed E-state index contributed by atoms with van der Waals surface area (Å²) in [6.07, 6.45) is 4.18. The van der Waals surface area contributed by atoms with Crippen LogP contribution in [0.3, 0.4) is 0 Å². The van der Waals surface area contributed by atoms with E-state index in [9.17, 15) is 13.6 Å². The second kappa shape index (κ2) is 6.05. The van der Waals surface area contributed by atoms with E-state index in [1.54, 1.807) is 0 Å². The lowest BCUT2D eigenvalue weighted by atomic mass is 9.97. The van der Waals surface area contributed by atoms with E-state index < -0.39 is 23.0 Å². The highest BCUT2D eigenvalue weighted by Gasteiger charge is 2.19. The van der Waals surface area contributed by atoms with Gasteiger partial charge in [-0.3, -0.25) is 4.79 Å². The number of Topliss-reactive ketones (excluding diaryl/α,β-unsaturated/α-hetero) is 1. The van der Waals surface area contributed by atoms with E-state index in [4.69, 9.17) is 0 Å². The lowest BCUT2D eigenvalue weighted by molar-refractivity contribution is 0.0966. The van der Waals surface area contributed by atoms with Crippen LogP contribution in [-0.2, 0) is 0 Å². The van der Waals surface area contributed by atoms with E-state index in [1.165, 1.54) is 6.07 Å². The fraction of sp³-hybridized carbons (Fsp3) is 0.500. The molecule has 1 heterocycles. The molecule has 1 atom stereocenters. The molecule has 1 aromatic rings. The van der Waals surface area contributed by atoms with Gasteiger partial charge in [-0.15, -0.1) is 0 Å². The minimum Gasteiger partial charge on any atom is -0.314 e. The summed E-state index contributed by atoms with van der Waals surface area (Å²) in [5.74, 6) is -1.98. The molecule has 1 aliphatic heterocycles. The van der Waals surface area contributed by atoms with Crippen molar-refractivity contribution in [3.63, 3.8) is 0 Å². The van der Waals surface area contributed by atoms with Crippen molar-refractivity contribution >= 4 is 5.78 Å². The molecule has 0 spiro atoms. The standard InChI is InChI=1S/C14H17F2NO/c15-11-5-3-6-12(16)14(11)13(18)8-7-10-4-1-2-9-17-10/h3,5-6,10,17H,1-2,4,7-9H2. The van der Waals surface area contributed by atoms with Crippen LogP contribution in [0.5, 0.6) is 0 Å². The summed E-state index contributed by atoms with van der Waals surface area (Å²) in [6, 6.07) is 3.81. The van der Waals surface area contributed by atoms with E-state index in [-0.39, 0.29) is 6.42 Å². The average Bonchev–Trinajstić information content (AvgIpc) is 2.37. The Morgan fingerprint density at radius 3 is 2.61 bits per heavy atom. The number of carbonyl (C=O) groups is 1. The Labute approximate surface area is 105 Å². The summed E-state index contributed by atoms with van der Waals surface area (Å²) in [7, 11) is 0. The van der Waals surface area contributed by atoms with Gasteiger partial charge in [0, 0.05) is 12.5 Å². The molecule has 2 nitrogen and oxygen atoms in total. The molecule has 1 saturated heterocycles. The van der Waals surface area contributed by atoms with E-state index in [0.717, 1.165) is 37.9 Å². The van der Waals surface area contributed by atoms with Crippen LogP contribution in [0.1, 0.15) is 42.5 Å². The summed E-state index contributed by atoms with van der Waals surface area (Å²) in [6.45, 7) is 0.965. The van der Waals surface area contributed by atoms with Gasteiger partial charge in [0.2, 0.25) is 0 Å². The maximum Gasteiger partial charge on any atom is 0.168 e. The number of hydrogen-bond donors (Lipinski definition) is 1. The second-order valence-electron chi connectivity index (χ2n) is 4.71. The first-order chi connectivity index (χ1) is 8.68. The lowest BCUT2D eigenvalue weighted by Crippen LogP contribution is -2.34. The minimum absolute atomic E-state index is 0.190. The van der Waals surface area contributed by atoms with Gasteiger partial charge in [-0.05, 0) is 37.9 Å². The van der Waals surface area contributed by atoms with Gasteiger partial charge in [0.1, 0.15) is 11.6 Å². The summed E-state index contributed by atoms with van der Waals surface area (Å²) < 4.78 is 26.8. The third kappa shape index (κ3) is 3.13. The van der Waals surface area contributed by atoms with Crippen LogP contribution >= 0.6 is 0 Å². The van der Waals surface area contributed by atoms with Crippen molar-refractivity contribution in [2.75, 3.05) is 6.54 Å². The smallest absolute Gasteiger partial charge is 0.168 e. The minimum atomic E-state index is -0.767. The third-order valence-electron chi connectivity index (χ3n) is 3.37. The van der Waals surface area contributed by atoms with Gasteiger partial charge in [0.25, 0.3) is 0 Å². The van der Waals surface area contributed by atoms with Gasteiger partial charge in [-0.2, -0.15) is 0 Å². The van der Waals surface area contributed by atoms with Crippen LogP contribution in [-0.4, -0.2) is 18.4 Å². The quantitative estimate of drug-likeness (QED) is 0.835. The summed E-state index contributed by atoms with van der Waals surface area (Å²) >= 11 is 0. The molecule has 0 aromatic heterocycles. The third-order valence-corrected chi connectivity index (χ3v) is 3.37. The molecule has 0 bridgehead atoms. The summed E-state index contributed by atoms with van der Waals surface area (Å²) in [4.78, 5) is 11.8. The monoisotopic (exact) mass is 253 g/mol. The van der Waals surface area contributed by atoms with Crippen molar-refractivity contribution < 1.29 is 13.6 Å². The molecule has 0 saturated carbocycles. The molecule has 4 heteroatoms. The zero-order valence-corrected chi connectivity index (χ0v) is 10.2.